The number of aromatic amines is 2. The van der Waals surface area contributed by atoms with Crippen LogP contribution in [-0.4, -0.2) is 24.9 Å². The van der Waals surface area contributed by atoms with Gasteiger partial charge >= 0.3 is 0 Å². The second kappa shape index (κ2) is 5.23. The molecule has 3 aromatic rings. The SMILES string of the molecule is O=c1[nH]c(=S)[nH]c2c1cnn2CC(O)c1ccc(F)cc1. The predicted molar refractivity (Wildman–Crippen MR) is 76.9 cm³/mol. The fourth-order valence-electron chi connectivity index (χ4n) is 2.09. The Bertz CT molecular complexity index is 897. The summed E-state index contributed by atoms with van der Waals surface area (Å²) >= 11 is 4.92. The highest BCUT2D eigenvalue weighted by molar-refractivity contribution is 7.71. The minimum atomic E-state index is -0.880. The lowest BCUT2D eigenvalue weighted by Crippen LogP contribution is -2.12. The highest BCUT2D eigenvalue weighted by atomic mass is 32.1. The zero-order chi connectivity index (χ0) is 15.0. The molecule has 8 heteroatoms. The van der Waals surface area contributed by atoms with Crippen LogP contribution in [0, 0.1) is 10.6 Å². The van der Waals surface area contributed by atoms with E-state index in [4.69, 9.17) is 12.2 Å². The van der Waals surface area contributed by atoms with Gasteiger partial charge in [-0.2, -0.15) is 5.10 Å². The molecule has 21 heavy (non-hydrogen) atoms. The van der Waals surface area contributed by atoms with Crippen LogP contribution in [0.5, 0.6) is 0 Å². The average molecular weight is 306 g/mol. The molecule has 0 saturated carbocycles. The number of H-pyrrole nitrogens is 2. The standard InChI is InChI=1S/C13H11FN4O2S/c14-8-3-1-7(2-4-8)10(19)6-18-11-9(5-15-18)12(20)17-13(21)16-11/h1-5,10,19H,6H2,(H2,16,17,20,21). The molecule has 0 fully saturated rings. The van der Waals surface area contributed by atoms with Crippen molar-refractivity contribution >= 4 is 23.3 Å². The van der Waals surface area contributed by atoms with E-state index in [-0.39, 0.29) is 22.7 Å². The number of rotatable bonds is 3. The van der Waals surface area contributed by atoms with Gasteiger partial charge in [-0.1, -0.05) is 12.1 Å². The van der Waals surface area contributed by atoms with Gasteiger partial charge in [-0.3, -0.25) is 9.78 Å². The van der Waals surface area contributed by atoms with E-state index < -0.39 is 6.10 Å². The van der Waals surface area contributed by atoms with E-state index in [2.05, 4.69) is 15.1 Å². The Morgan fingerprint density at radius 1 is 1.33 bits per heavy atom. The Labute approximate surface area is 122 Å². The molecule has 1 unspecified atom stereocenters. The highest BCUT2D eigenvalue weighted by Crippen LogP contribution is 2.17. The number of benzene rings is 1. The maximum Gasteiger partial charge on any atom is 0.262 e. The Hall–Kier alpha value is -2.32. The largest absolute Gasteiger partial charge is 0.386 e. The zero-order valence-electron chi connectivity index (χ0n) is 10.7. The highest BCUT2D eigenvalue weighted by Gasteiger charge is 2.13. The number of aliphatic hydroxyl groups is 1. The molecule has 0 saturated heterocycles. The van der Waals surface area contributed by atoms with Crippen LogP contribution in [0.25, 0.3) is 11.0 Å². The first kappa shape index (κ1) is 13.7. The number of fused-ring (bicyclic) bond motifs is 1. The Kier molecular flexibility index (Phi) is 3.40. The van der Waals surface area contributed by atoms with E-state index in [1.807, 2.05) is 0 Å². The molecule has 6 nitrogen and oxygen atoms in total. The summed E-state index contributed by atoms with van der Waals surface area (Å²) in [5.41, 5.74) is 0.657. The van der Waals surface area contributed by atoms with Gasteiger partial charge in [-0.15, -0.1) is 0 Å². The average Bonchev–Trinajstić information content (AvgIpc) is 2.83. The van der Waals surface area contributed by atoms with Crippen molar-refractivity contribution < 1.29 is 9.50 Å². The Balaban J connectivity index is 1.96. The van der Waals surface area contributed by atoms with Crippen molar-refractivity contribution in [2.45, 2.75) is 12.6 Å². The lowest BCUT2D eigenvalue weighted by molar-refractivity contribution is 0.153. The molecular formula is C13H11FN4O2S. The van der Waals surface area contributed by atoms with Crippen LogP contribution in [0.4, 0.5) is 4.39 Å². The van der Waals surface area contributed by atoms with E-state index in [0.29, 0.717) is 16.6 Å². The maximum absolute atomic E-state index is 12.9. The summed E-state index contributed by atoms with van der Waals surface area (Å²) in [4.78, 5) is 17.0. The molecule has 108 valence electrons. The Morgan fingerprint density at radius 2 is 2.05 bits per heavy atom. The van der Waals surface area contributed by atoms with Gasteiger partial charge in [0.25, 0.3) is 5.56 Å². The van der Waals surface area contributed by atoms with Crippen molar-refractivity contribution in [2.75, 3.05) is 0 Å². The lowest BCUT2D eigenvalue weighted by atomic mass is 10.1. The molecule has 0 aliphatic carbocycles. The van der Waals surface area contributed by atoms with Gasteiger partial charge in [-0.25, -0.2) is 9.07 Å². The second-order valence-electron chi connectivity index (χ2n) is 4.56. The van der Waals surface area contributed by atoms with E-state index in [1.165, 1.54) is 35.1 Å². The van der Waals surface area contributed by atoms with Gasteiger partial charge < -0.3 is 10.1 Å². The van der Waals surface area contributed by atoms with Crippen molar-refractivity contribution in [1.29, 1.82) is 0 Å². The molecule has 2 aromatic heterocycles. The summed E-state index contributed by atoms with van der Waals surface area (Å²) in [5.74, 6) is -0.369. The second-order valence-corrected chi connectivity index (χ2v) is 4.97. The fraction of sp³-hybridized carbons (Fsp3) is 0.154. The van der Waals surface area contributed by atoms with Gasteiger partial charge in [0, 0.05) is 0 Å². The number of aliphatic hydroxyl groups excluding tert-OH is 1. The summed E-state index contributed by atoms with van der Waals surface area (Å²) in [5, 5.41) is 14.6. The minimum Gasteiger partial charge on any atom is -0.386 e. The number of halogens is 1. The first-order valence-electron chi connectivity index (χ1n) is 6.16. The van der Waals surface area contributed by atoms with Crippen LogP contribution >= 0.6 is 12.2 Å². The van der Waals surface area contributed by atoms with Crippen LogP contribution in [0.15, 0.2) is 35.3 Å². The van der Waals surface area contributed by atoms with Crippen LogP contribution in [0.1, 0.15) is 11.7 Å². The topological polar surface area (TPSA) is 86.7 Å². The molecule has 0 amide bonds. The predicted octanol–water partition coefficient (Wildman–Crippen LogP) is 1.65. The smallest absolute Gasteiger partial charge is 0.262 e. The molecule has 0 aliphatic rings. The number of nitrogens with one attached hydrogen (secondary N) is 2. The third-order valence-corrected chi connectivity index (χ3v) is 3.35. The molecule has 0 radical (unpaired) electrons. The Morgan fingerprint density at radius 3 is 2.76 bits per heavy atom. The lowest BCUT2D eigenvalue weighted by Gasteiger charge is -2.11. The first-order valence-corrected chi connectivity index (χ1v) is 6.57. The van der Waals surface area contributed by atoms with Gasteiger partial charge in [0.05, 0.1) is 18.8 Å². The quantitative estimate of drug-likeness (QED) is 0.642. The van der Waals surface area contributed by atoms with Crippen LogP contribution in [-0.2, 0) is 6.54 Å². The van der Waals surface area contributed by atoms with E-state index in [9.17, 15) is 14.3 Å². The number of aromatic nitrogens is 4. The first-order chi connectivity index (χ1) is 10.0. The van der Waals surface area contributed by atoms with Gasteiger partial charge in [0.1, 0.15) is 16.9 Å². The third kappa shape index (κ3) is 2.63. The summed E-state index contributed by atoms with van der Waals surface area (Å²) in [6, 6.07) is 5.55. The van der Waals surface area contributed by atoms with Gasteiger partial charge in [-0.05, 0) is 29.9 Å². The van der Waals surface area contributed by atoms with E-state index >= 15 is 0 Å². The molecular weight excluding hydrogens is 295 g/mol. The monoisotopic (exact) mass is 306 g/mol. The minimum absolute atomic E-state index is 0.115. The molecule has 0 bridgehead atoms. The molecule has 1 atom stereocenters. The van der Waals surface area contributed by atoms with Gasteiger partial charge in [0.2, 0.25) is 0 Å². The van der Waals surface area contributed by atoms with Crippen LogP contribution in [0.3, 0.4) is 0 Å². The van der Waals surface area contributed by atoms with Crippen molar-refractivity contribution in [3.05, 3.63) is 57.0 Å². The normalized spacial score (nSPS) is 12.7. The third-order valence-electron chi connectivity index (χ3n) is 3.14. The summed E-state index contributed by atoms with van der Waals surface area (Å²) < 4.78 is 14.5. The molecule has 1 aromatic carbocycles. The van der Waals surface area contributed by atoms with Crippen molar-refractivity contribution in [2.24, 2.45) is 0 Å². The molecule has 0 spiro atoms. The summed E-state index contributed by atoms with van der Waals surface area (Å²) in [7, 11) is 0. The fourth-order valence-corrected chi connectivity index (χ4v) is 2.27. The van der Waals surface area contributed by atoms with Crippen molar-refractivity contribution in [1.82, 2.24) is 19.7 Å². The van der Waals surface area contributed by atoms with Crippen molar-refractivity contribution in [3.8, 4) is 0 Å². The maximum atomic E-state index is 12.9. The zero-order valence-corrected chi connectivity index (χ0v) is 11.5. The number of hydrogen-bond acceptors (Lipinski definition) is 4. The number of nitrogens with zero attached hydrogens (tertiary/aromatic N) is 2. The number of hydrogen-bond donors (Lipinski definition) is 3. The van der Waals surface area contributed by atoms with E-state index in [1.54, 1.807) is 0 Å². The molecule has 0 aliphatic heterocycles. The van der Waals surface area contributed by atoms with E-state index in [0.717, 1.165) is 0 Å². The summed E-state index contributed by atoms with van der Waals surface area (Å²) in [6.07, 6.45) is 0.520. The van der Waals surface area contributed by atoms with Crippen LogP contribution in [0.2, 0.25) is 0 Å². The summed E-state index contributed by atoms with van der Waals surface area (Å²) in [6.45, 7) is 0.115. The van der Waals surface area contributed by atoms with Crippen LogP contribution < -0.4 is 5.56 Å². The molecule has 3 N–H and O–H groups in total. The van der Waals surface area contributed by atoms with Gasteiger partial charge in [0.15, 0.2) is 4.77 Å². The molecule has 3 rings (SSSR count). The van der Waals surface area contributed by atoms with Crippen molar-refractivity contribution in [3.63, 3.8) is 0 Å². The molecule has 2 heterocycles.